The molecule has 1 aliphatic rings. The summed E-state index contributed by atoms with van der Waals surface area (Å²) in [5.74, 6) is 0. The number of morpholine rings is 1. The van der Waals surface area contributed by atoms with Crippen LogP contribution in [0.1, 0.15) is 27.2 Å². The fraction of sp³-hybridized carbons (Fsp3) is 1.00. The Labute approximate surface area is 69.5 Å². The predicted molar refractivity (Wildman–Crippen MR) is 46.8 cm³/mol. The van der Waals surface area contributed by atoms with Crippen molar-refractivity contribution in [3.8, 4) is 0 Å². The minimum atomic E-state index is 0.119. The molecule has 0 amide bonds. The zero-order chi connectivity index (χ0) is 8.32. The number of nitrogens with zero attached hydrogens (tertiary/aromatic N) is 1. The van der Waals surface area contributed by atoms with Gasteiger partial charge in [-0.25, -0.2) is 0 Å². The first-order valence-corrected chi connectivity index (χ1v) is 4.56. The van der Waals surface area contributed by atoms with Gasteiger partial charge in [-0.3, -0.25) is 4.90 Å². The van der Waals surface area contributed by atoms with Crippen molar-refractivity contribution in [1.29, 1.82) is 0 Å². The fourth-order valence-electron chi connectivity index (χ4n) is 1.50. The van der Waals surface area contributed by atoms with Crippen molar-refractivity contribution in [2.45, 2.75) is 32.8 Å². The molecule has 1 aliphatic heterocycles. The van der Waals surface area contributed by atoms with Crippen LogP contribution in [0.4, 0.5) is 0 Å². The topological polar surface area (TPSA) is 12.5 Å². The molecular weight excluding hydrogens is 138 g/mol. The third kappa shape index (κ3) is 2.17. The van der Waals surface area contributed by atoms with Crippen molar-refractivity contribution < 1.29 is 4.74 Å². The third-order valence-electron chi connectivity index (χ3n) is 2.61. The highest BCUT2D eigenvalue weighted by atomic mass is 16.5. The van der Waals surface area contributed by atoms with Gasteiger partial charge in [0.15, 0.2) is 0 Å². The molecule has 0 spiro atoms. The van der Waals surface area contributed by atoms with E-state index < -0.39 is 0 Å². The van der Waals surface area contributed by atoms with E-state index in [4.69, 9.17) is 4.74 Å². The van der Waals surface area contributed by atoms with Gasteiger partial charge in [-0.05, 0) is 19.9 Å². The number of likely N-dealkylation sites (N-methyl/N-ethyl adjacent to an activating group) is 1. The normalized spacial score (nSPS) is 34.1. The molecule has 0 bridgehead atoms. The highest BCUT2D eigenvalue weighted by Gasteiger charge is 2.28. The molecule has 0 aromatic carbocycles. The summed E-state index contributed by atoms with van der Waals surface area (Å²) in [7, 11) is 0. The molecular formula is C9H19NO. The summed E-state index contributed by atoms with van der Waals surface area (Å²) < 4.78 is 5.70. The van der Waals surface area contributed by atoms with Gasteiger partial charge >= 0.3 is 0 Å². The Morgan fingerprint density at radius 2 is 2.18 bits per heavy atom. The molecule has 0 N–H and O–H groups in total. The minimum Gasteiger partial charge on any atom is -0.373 e. The van der Waals surface area contributed by atoms with Crippen LogP contribution in [0.25, 0.3) is 0 Å². The predicted octanol–water partition coefficient (Wildman–Crippen LogP) is 1.51. The fourth-order valence-corrected chi connectivity index (χ4v) is 1.50. The van der Waals surface area contributed by atoms with Gasteiger partial charge in [-0.15, -0.1) is 0 Å². The molecule has 2 nitrogen and oxygen atoms in total. The van der Waals surface area contributed by atoms with E-state index in [1.165, 1.54) is 0 Å². The smallest absolute Gasteiger partial charge is 0.0778 e. The highest BCUT2D eigenvalue weighted by Crippen LogP contribution is 2.20. The lowest BCUT2D eigenvalue weighted by Gasteiger charge is -2.39. The Balaban J connectivity index is 2.44. The van der Waals surface area contributed by atoms with E-state index in [-0.39, 0.29) is 5.60 Å². The van der Waals surface area contributed by atoms with Gasteiger partial charge in [0.25, 0.3) is 0 Å². The molecule has 0 aromatic rings. The highest BCUT2D eigenvalue weighted by molar-refractivity contribution is 4.81. The maximum atomic E-state index is 5.70. The average molecular weight is 157 g/mol. The van der Waals surface area contributed by atoms with Gasteiger partial charge in [0.2, 0.25) is 0 Å². The van der Waals surface area contributed by atoms with Crippen LogP contribution in [0.2, 0.25) is 0 Å². The molecule has 0 saturated carbocycles. The maximum absolute atomic E-state index is 5.70. The Morgan fingerprint density at radius 1 is 1.45 bits per heavy atom. The van der Waals surface area contributed by atoms with Crippen molar-refractivity contribution in [2.75, 3.05) is 26.2 Å². The number of hydrogen-bond acceptors (Lipinski definition) is 2. The molecule has 66 valence electrons. The standard InChI is InChI=1S/C9H19NO/c1-4-9(3)8-10(5-2)6-7-11-9/h4-8H2,1-3H3. The van der Waals surface area contributed by atoms with Crippen LogP contribution < -0.4 is 0 Å². The zero-order valence-corrected chi connectivity index (χ0v) is 7.89. The van der Waals surface area contributed by atoms with Gasteiger partial charge in [0.05, 0.1) is 12.2 Å². The van der Waals surface area contributed by atoms with Crippen LogP contribution in [-0.4, -0.2) is 36.7 Å². The Bertz CT molecular complexity index is 127. The van der Waals surface area contributed by atoms with E-state index in [1.807, 2.05) is 0 Å². The van der Waals surface area contributed by atoms with Crippen molar-refractivity contribution in [3.63, 3.8) is 0 Å². The van der Waals surface area contributed by atoms with E-state index in [9.17, 15) is 0 Å². The average Bonchev–Trinajstić information content (AvgIpc) is 2.05. The quantitative estimate of drug-likeness (QED) is 0.602. The summed E-state index contributed by atoms with van der Waals surface area (Å²) in [6, 6.07) is 0. The van der Waals surface area contributed by atoms with Crippen LogP contribution in [0, 0.1) is 0 Å². The van der Waals surface area contributed by atoms with Crippen molar-refractivity contribution >= 4 is 0 Å². The molecule has 0 radical (unpaired) electrons. The first-order chi connectivity index (χ1) is 5.20. The van der Waals surface area contributed by atoms with Crippen molar-refractivity contribution in [3.05, 3.63) is 0 Å². The molecule has 1 heterocycles. The van der Waals surface area contributed by atoms with Crippen LogP contribution in [0.3, 0.4) is 0 Å². The summed E-state index contributed by atoms with van der Waals surface area (Å²) in [5, 5.41) is 0. The van der Waals surface area contributed by atoms with Crippen LogP contribution >= 0.6 is 0 Å². The van der Waals surface area contributed by atoms with Crippen molar-refractivity contribution in [2.24, 2.45) is 0 Å². The van der Waals surface area contributed by atoms with Gasteiger partial charge in [-0.1, -0.05) is 13.8 Å². The molecule has 0 aromatic heterocycles. The second-order valence-corrected chi connectivity index (χ2v) is 3.52. The van der Waals surface area contributed by atoms with E-state index in [1.54, 1.807) is 0 Å². The van der Waals surface area contributed by atoms with Gasteiger partial charge in [-0.2, -0.15) is 0 Å². The first-order valence-electron chi connectivity index (χ1n) is 4.56. The SMILES string of the molecule is CCN1CCOC(C)(CC)C1. The van der Waals surface area contributed by atoms with Gasteiger partial charge < -0.3 is 4.74 Å². The van der Waals surface area contributed by atoms with Crippen LogP contribution in [0.15, 0.2) is 0 Å². The van der Waals surface area contributed by atoms with Gasteiger partial charge in [0, 0.05) is 13.1 Å². The Morgan fingerprint density at radius 3 is 2.73 bits per heavy atom. The summed E-state index contributed by atoms with van der Waals surface area (Å²) >= 11 is 0. The molecule has 2 heteroatoms. The summed E-state index contributed by atoms with van der Waals surface area (Å²) in [6.07, 6.45) is 1.11. The molecule has 11 heavy (non-hydrogen) atoms. The van der Waals surface area contributed by atoms with E-state index in [0.29, 0.717) is 0 Å². The number of hydrogen-bond donors (Lipinski definition) is 0. The van der Waals surface area contributed by atoms with Crippen LogP contribution in [-0.2, 0) is 4.74 Å². The third-order valence-corrected chi connectivity index (χ3v) is 2.61. The summed E-state index contributed by atoms with van der Waals surface area (Å²) in [6.45, 7) is 10.9. The molecule has 1 atom stereocenters. The number of ether oxygens (including phenoxy) is 1. The Hall–Kier alpha value is -0.0800. The summed E-state index contributed by atoms with van der Waals surface area (Å²) in [4.78, 5) is 2.45. The lowest BCUT2D eigenvalue weighted by Crippen LogP contribution is -2.49. The summed E-state index contributed by atoms with van der Waals surface area (Å²) in [5.41, 5.74) is 0.119. The lowest BCUT2D eigenvalue weighted by molar-refractivity contribution is -0.0980. The largest absolute Gasteiger partial charge is 0.373 e. The van der Waals surface area contributed by atoms with Crippen LogP contribution in [0.5, 0.6) is 0 Å². The van der Waals surface area contributed by atoms with E-state index in [0.717, 1.165) is 32.7 Å². The monoisotopic (exact) mass is 157 g/mol. The maximum Gasteiger partial charge on any atom is 0.0778 e. The van der Waals surface area contributed by atoms with Crippen molar-refractivity contribution in [1.82, 2.24) is 4.90 Å². The van der Waals surface area contributed by atoms with E-state index in [2.05, 4.69) is 25.7 Å². The second-order valence-electron chi connectivity index (χ2n) is 3.52. The Kier molecular flexibility index (Phi) is 2.90. The van der Waals surface area contributed by atoms with Gasteiger partial charge in [0.1, 0.15) is 0 Å². The minimum absolute atomic E-state index is 0.119. The lowest BCUT2D eigenvalue weighted by atomic mass is 10.0. The molecule has 1 saturated heterocycles. The first kappa shape index (κ1) is 9.01. The number of rotatable bonds is 2. The molecule has 1 rings (SSSR count). The molecule has 1 unspecified atom stereocenters. The van der Waals surface area contributed by atoms with E-state index >= 15 is 0 Å². The zero-order valence-electron chi connectivity index (χ0n) is 7.89. The second kappa shape index (κ2) is 3.55. The molecule has 1 fully saturated rings. The molecule has 0 aliphatic carbocycles.